The van der Waals surface area contributed by atoms with Crippen molar-refractivity contribution in [3.8, 4) is 0 Å². The van der Waals surface area contributed by atoms with E-state index < -0.39 is 0 Å². The molecule has 2 bridgehead atoms. The number of anilines is 3. The van der Waals surface area contributed by atoms with Crippen molar-refractivity contribution in [1.82, 2.24) is 14.7 Å². The van der Waals surface area contributed by atoms with E-state index in [9.17, 15) is 0 Å². The van der Waals surface area contributed by atoms with Crippen LogP contribution in [0.3, 0.4) is 0 Å². The molecule has 51 heavy (non-hydrogen) atoms. The molecule has 0 fully saturated rings. The summed E-state index contributed by atoms with van der Waals surface area (Å²) in [6.45, 7) is 4.80. The van der Waals surface area contributed by atoms with Crippen molar-refractivity contribution in [2.45, 2.75) is 25.4 Å². The van der Waals surface area contributed by atoms with E-state index in [1.165, 1.54) is 12.4 Å². The van der Waals surface area contributed by atoms with Crippen LogP contribution in [0.15, 0.2) is 127 Å². The molecular weight excluding hydrogens is 826 g/mol. The summed E-state index contributed by atoms with van der Waals surface area (Å²) in [5.74, 6) is 1.13. The van der Waals surface area contributed by atoms with E-state index >= 15 is 13.2 Å². The molecule has 0 saturated carbocycles. The van der Waals surface area contributed by atoms with Crippen molar-refractivity contribution < 1.29 is 33.3 Å². The summed E-state index contributed by atoms with van der Waals surface area (Å²) in [6.07, 6.45) is 5.99. The first-order chi connectivity index (χ1) is 24.5. The first-order valence-electron chi connectivity index (χ1n) is 16.8. The molecule has 0 amide bonds. The van der Waals surface area contributed by atoms with Gasteiger partial charge in [-0.25, -0.2) is 0 Å². The van der Waals surface area contributed by atoms with Gasteiger partial charge < -0.3 is 29.4 Å². The minimum Gasteiger partial charge on any atom is -0.498 e. The summed E-state index contributed by atoms with van der Waals surface area (Å²) < 4.78 is 46.4. The van der Waals surface area contributed by atoms with Crippen molar-refractivity contribution in [1.29, 1.82) is 0 Å². The molecule has 0 spiro atoms. The van der Waals surface area contributed by atoms with Crippen molar-refractivity contribution in [3.63, 3.8) is 0 Å². The van der Waals surface area contributed by atoms with Gasteiger partial charge in [-0.05, 0) is 25.9 Å². The number of hydrogen-bond acceptors (Lipinski definition) is 6. The van der Waals surface area contributed by atoms with Crippen LogP contribution in [0.5, 0.6) is 0 Å². The maximum Gasteiger partial charge on any atom is 0.206 e. The predicted octanol–water partition coefficient (Wildman–Crippen LogP) is 7.97. The fourth-order valence-corrected chi connectivity index (χ4v) is 7.55. The summed E-state index contributed by atoms with van der Waals surface area (Å²) in [7, 11) is 0. The van der Waals surface area contributed by atoms with Crippen molar-refractivity contribution in [3.05, 3.63) is 187 Å². The molecule has 9 rings (SSSR count). The third-order valence-electron chi connectivity index (χ3n) is 9.93. The maximum absolute atomic E-state index is 15.8. The van der Waals surface area contributed by atoms with E-state index in [-0.39, 0.29) is 44.1 Å². The van der Waals surface area contributed by atoms with Gasteiger partial charge in [0.15, 0.2) is 11.9 Å². The number of rotatable bonds is 7. The Kier molecular flexibility index (Phi) is 8.90. The fourth-order valence-electron chi connectivity index (χ4n) is 7.55. The zero-order valence-electron chi connectivity index (χ0n) is 27.5. The Morgan fingerprint density at radius 3 is 2.18 bits per heavy atom. The summed E-state index contributed by atoms with van der Waals surface area (Å²) in [6, 6.07) is 35.8. The molecule has 5 heterocycles. The minimum absolute atomic E-state index is 0. The zero-order chi connectivity index (χ0) is 33.8. The third-order valence-corrected chi connectivity index (χ3v) is 9.93. The van der Waals surface area contributed by atoms with Crippen molar-refractivity contribution >= 4 is 17.1 Å². The molecule has 4 aromatic carbocycles. The molecule has 6 nitrogen and oxygen atoms in total. The Morgan fingerprint density at radius 2 is 1.45 bits per heavy atom. The van der Waals surface area contributed by atoms with Crippen LogP contribution in [-0.4, -0.2) is 40.5 Å². The summed E-state index contributed by atoms with van der Waals surface area (Å²) in [5.41, 5.74) is 6.59. The normalized spacial score (nSPS) is 19.2. The Hall–Kier alpha value is -4.92. The van der Waals surface area contributed by atoms with Gasteiger partial charge in [-0.2, -0.15) is 122 Å². The third kappa shape index (κ3) is 6.21. The van der Waals surface area contributed by atoms with Crippen molar-refractivity contribution in [2.75, 3.05) is 34.3 Å². The second kappa shape index (κ2) is 13.7. The largest absolute Gasteiger partial charge is 0.498 e. The number of fused-ring (bicyclic) bond motifs is 5. The molecule has 0 saturated heterocycles. The fraction of sp³-hybridized carbons (Fsp3) is 0.171. The number of hydrogen-bond donors (Lipinski definition) is 0. The van der Waals surface area contributed by atoms with Gasteiger partial charge in [-0.15, -0.1) is 34.5 Å². The van der Waals surface area contributed by atoms with Crippen LogP contribution in [-0.2, 0) is 32.9 Å². The number of para-hydroxylation sites is 3. The second-order valence-corrected chi connectivity index (χ2v) is 13.1. The predicted molar refractivity (Wildman–Crippen MR) is 188 cm³/mol. The molecule has 0 N–H and O–H groups in total. The van der Waals surface area contributed by atoms with Gasteiger partial charge in [0.1, 0.15) is 0 Å². The molecule has 0 aliphatic carbocycles. The van der Waals surface area contributed by atoms with E-state index in [1.54, 1.807) is 39.1 Å². The van der Waals surface area contributed by atoms with Gasteiger partial charge in [-0.1, -0.05) is 30.3 Å². The molecule has 263 valence electrons. The van der Waals surface area contributed by atoms with Crippen LogP contribution in [0.4, 0.5) is 30.2 Å². The maximum atomic E-state index is 15.8. The Morgan fingerprint density at radius 1 is 0.765 bits per heavy atom. The minimum atomic E-state index is -0.363. The SMILES string of the molecule is FC1=CN(c2[c-]cccc2)[CH-]N1CCc1cc2cc(c1)[C-]1C[C-](CN3[CH-]N(c4[c-]cccc4)C=C3F)c3ccccc3N3C=C(F)N(CC2)C13.[Ir]. The van der Waals surface area contributed by atoms with Gasteiger partial charge >= 0.3 is 0 Å². The summed E-state index contributed by atoms with van der Waals surface area (Å²) in [5, 5.41) is 0. The van der Waals surface area contributed by atoms with Gasteiger partial charge in [0.05, 0.1) is 6.17 Å². The molecule has 1 atom stereocenters. The average Bonchev–Trinajstić information content (AvgIpc) is 3.79. The smallest absolute Gasteiger partial charge is 0.206 e. The molecule has 5 aliphatic rings. The van der Waals surface area contributed by atoms with Crippen LogP contribution < -0.4 is 14.7 Å². The summed E-state index contributed by atoms with van der Waals surface area (Å²) in [4.78, 5) is 10.6. The Balaban J connectivity index is 0.00000374. The number of benzene rings is 4. The van der Waals surface area contributed by atoms with Crippen molar-refractivity contribution in [2.24, 2.45) is 0 Å². The second-order valence-electron chi connectivity index (χ2n) is 13.1. The van der Waals surface area contributed by atoms with Gasteiger partial charge in [0, 0.05) is 45.2 Å². The van der Waals surface area contributed by atoms with Crippen LogP contribution in [0.2, 0.25) is 0 Å². The molecular formula is C41H33F3IrN6-6. The van der Waals surface area contributed by atoms with Gasteiger partial charge in [0.2, 0.25) is 5.95 Å². The molecule has 10 heteroatoms. The number of nitrogens with zero attached hydrogens (tertiary/aromatic N) is 6. The number of halogens is 3. The van der Waals surface area contributed by atoms with Gasteiger partial charge in [-0.3, -0.25) is 0 Å². The van der Waals surface area contributed by atoms with E-state index in [4.69, 9.17) is 0 Å². The topological polar surface area (TPSA) is 19.4 Å². The Labute approximate surface area is 310 Å². The first-order valence-corrected chi connectivity index (χ1v) is 16.8. The van der Waals surface area contributed by atoms with E-state index in [0.29, 0.717) is 38.9 Å². The molecule has 4 aromatic rings. The van der Waals surface area contributed by atoms with Crippen LogP contribution in [0.1, 0.15) is 28.7 Å². The van der Waals surface area contributed by atoms with E-state index in [2.05, 4.69) is 30.3 Å². The molecule has 0 aromatic heterocycles. The monoisotopic (exact) mass is 859 g/mol. The van der Waals surface area contributed by atoms with Crippen LogP contribution in [0, 0.1) is 37.3 Å². The average molecular weight is 859 g/mol. The van der Waals surface area contributed by atoms with Crippen LogP contribution in [0.25, 0.3) is 0 Å². The van der Waals surface area contributed by atoms with Gasteiger partial charge in [0.25, 0.3) is 0 Å². The molecule has 5 aliphatic heterocycles. The first kappa shape index (κ1) is 33.2. The Bertz CT molecular complexity index is 1990. The van der Waals surface area contributed by atoms with E-state index in [1.807, 2.05) is 82.6 Å². The molecule has 1 unspecified atom stereocenters. The van der Waals surface area contributed by atoms with E-state index in [0.717, 1.165) is 51.2 Å². The molecule has 1 radical (unpaired) electrons. The zero-order valence-corrected chi connectivity index (χ0v) is 29.9. The standard InChI is InChI=1S/C41H33F3N6.Ir/c42-38-24-46(33-9-3-1-4-10-33)27-45(38)17-15-29-19-30-16-18-49-40(44)26-50-37-14-8-7-13-35(37)32(22-36(41(49)50)31(20-29)21-30)23-48-28-47(25-39(48)43)34-11-5-2-6-12-34;/h1-9,11,13-14,19-21,24-28,41H,15-18,22-23H2;/q-6;. The van der Waals surface area contributed by atoms with Crippen LogP contribution >= 0.6 is 0 Å². The summed E-state index contributed by atoms with van der Waals surface area (Å²) >= 11 is 0. The quantitative estimate of drug-likeness (QED) is 0.138.